The van der Waals surface area contributed by atoms with Crippen molar-refractivity contribution in [3.05, 3.63) is 35.9 Å². The molecule has 2 amide bonds. The van der Waals surface area contributed by atoms with Crippen LogP contribution in [0.1, 0.15) is 31.2 Å². The van der Waals surface area contributed by atoms with E-state index in [1.807, 2.05) is 30.3 Å². The third-order valence-electron chi connectivity index (χ3n) is 4.39. The van der Waals surface area contributed by atoms with Crippen LogP contribution in [0, 0.1) is 5.92 Å². The van der Waals surface area contributed by atoms with Crippen molar-refractivity contribution >= 4 is 6.03 Å². The van der Waals surface area contributed by atoms with E-state index in [1.165, 1.54) is 4.90 Å². The average molecular weight is 344 g/mol. The van der Waals surface area contributed by atoms with E-state index in [4.69, 9.17) is 5.11 Å². The smallest absolute Gasteiger partial charge is 0.391 e. The normalized spacial score (nSPS) is 21.3. The number of urea groups is 1. The molecule has 134 valence electrons. The minimum atomic E-state index is -4.15. The van der Waals surface area contributed by atoms with Crippen LogP contribution in [0.3, 0.4) is 0 Å². The number of nitrogens with one attached hydrogen (secondary N) is 1. The number of aliphatic hydroxyl groups excluding tert-OH is 1. The lowest BCUT2D eigenvalue weighted by atomic mass is 9.85. The van der Waals surface area contributed by atoms with Gasteiger partial charge in [0, 0.05) is 19.1 Å². The van der Waals surface area contributed by atoms with E-state index < -0.39 is 12.1 Å². The van der Waals surface area contributed by atoms with Crippen LogP contribution in [0.15, 0.2) is 30.3 Å². The highest BCUT2D eigenvalue weighted by Gasteiger charge is 2.41. The number of benzene rings is 1. The maximum Gasteiger partial charge on any atom is 0.391 e. The van der Waals surface area contributed by atoms with Gasteiger partial charge in [0.1, 0.15) is 0 Å². The Hall–Kier alpha value is -1.76. The van der Waals surface area contributed by atoms with E-state index in [0.29, 0.717) is 19.4 Å². The number of hydrogen-bond acceptors (Lipinski definition) is 2. The molecule has 0 bridgehead atoms. The van der Waals surface area contributed by atoms with Crippen LogP contribution in [-0.2, 0) is 6.54 Å². The van der Waals surface area contributed by atoms with Crippen molar-refractivity contribution in [3.8, 4) is 0 Å². The molecule has 0 aliphatic heterocycles. The molecule has 1 aliphatic carbocycles. The van der Waals surface area contributed by atoms with Crippen molar-refractivity contribution in [3.63, 3.8) is 0 Å². The standard InChI is InChI=1S/C17H23F3N2O2/c18-17(19,20)14-6-8-15(9-7-14)21-16(24)22(10-11-23)12-13-4-2-1-3-5-13/h1-5,14-15,23H,6-12H2,(H,21,24). The zero-order chi connectivity index (χ0) is 17.6. The van der Waals surface area contributed by atoms with Gasteiger partial charge in [-0.1, -0.05) is 30.3 Å². The molecule has 1 aliphatic rings. The fourth-order valence-electron chi connectivity index (χ4n) is 3.01. The van der Waals surface area contributed by atoms with Gasteiger partial charge < -0.3 is 15.3 Å². The summed E-state index contributed by atoms with van der Waals surface area (Å²) in [5, 5.41) is 12.0. The summed E-state index contributed by atoms with van der Waals surface area (Å²) in [7, 11) is 0. The molecule has 0 spiro atoms. The second kappa shape index (κ2) is 8.37. The Morgan fingerprint density at radius 1 is 1.17 bits per heavy atom. The Balaban J connectivity index is 1.87. The second-order valence-corrected chi connectivity index (χ2v) is 6.17. The topological polar surface area (TPSA) is 52.6 Å². The SMILES string of the molecule is O=C(NC1CCC(C(F)(F)F)CC1)N(CCO)Cc1ccccc1. The van der Waals surface area contributed by atoms with Crippen molar-refractivity contribution in [2.75, 3.05) is 13.2 Å². The van der Waals surface area contributed by atoms with Gasteiger partial charge >= 0.3 is 12.2 Å². The van der Waals surface area contributed by atoms with Gasteiger partial charge in [-0.2, -0.15) is 13.2 Å². The summed E-state index contributed by atoms with van der Waals surface area (Å²) in [4.78, 5) is 13.8. The predicted molar refractivity (Wildman–Crippen MR) is 84.3 cm³/mol. The maximum atomic E-state index is 12.7. The molecule has 24 heavy (non-hydrogen) atoms. The van der Waals surface area contributed by atoms with Crippen LogP contribution in [0.4, 0.5) is 18.0 Å². The number of halogens is 3. The quantitative estimate of drug-likeness (QED) is 0.861. The van der Waals surface area contributed by atoms with E-state index >= 15 is 0 Å². The van der Waals surface area contributed by atoms with Crippen molar-refractivity contribution in [1.82, 2.24) is 10.2 Å². The van der Waals surface area contributed by atoms with E-state index in [2.05, 4.69) is 5.32 Å². The fraction of sp³-hybridized carbons (Fsp3) is 0.588. The molecule has 0 atom stereocenters. The lowest BCUT2D eigenvalue weighted by Crippen LogP contribution is -2.47. The molecular weight excluding hydrogens is 321 g/mol. The van der Waals surface area contributed by atoms with Crippen molar-refractivity contribution in [1.29, 1.82) is 0 Å². The summed E-state index contributed by atoms with van der Waals surface area (Å²) in [6, 6.07) is 8.78. The molecule has 1 fully saturated rings. The van der Waals surface area contributed by atoms with Crippen LogP contribution in [0.2, 0.25) is 0 Å². The van der Waals surface area contributed by atoms with Gasteiger partial charge in [0.2, 0.25) is 0 Å². The first-order valence-electron chi connectivity index (χ1n) is 8.17. The van der Waals surface area contributed by atoms with Gasteiger partial charge in [0.25, 0.3) is 0 Å². The van der Waals surface area contributed by atoms with Gasteiger partial charge in [-0.25, -0.2) is 4.79 Å². The fourth-order valence-corrected chi connectivity index (χ4v) is 3.01. The van der Waals surface area contributed by atoms with Gasteiger partial charge in [-0.05, 0) is 31.2 Å². The number of aliphatic hydroxyl groups is 1. The van der Waals surface area contributed by atoms with E-state index in [9.17, 15) is 18.0 Å². The third-order valence-corrected chi connectivity index (χ3v) is 4.39. The summed E-state index contributed by atoms with van der Waals surface area (Å²) >= 11 is 0. The Morgan fingerprint density at radius 2 is 1.79 bits per heavy atom. The number of amides is 2. The van der Waals surface area contributed by atoms with Gasteiger partial charge in [-0.15, -0.1) is 0 Å². The zero-order valence-corrected chi connectivity index (χ0v) is 13.4. The van der Waals surface area contributed by atoms with Gasteiger partial charge in [0.15, 0.2) is 0 Å². The number of carbonyl (C=O) groups is 1. The second-order valence-electron chi connectivity index (χ2n) is 6.17. The Labute approximate surface area is 139 Å². The van der Waals surface area contributed by atoms with Gasteiger partial charge in [-0.3, -0.25) is 0 Å². The Bertz CT molecular complexity index is 514. The summed E-state index contributed by atoms with van der Waals surface area (Å²) < 4.78 is 38.0. The summed E-state index contributed by atoms with van der Waals surface area (Å²) in [5.41, 5.74) is 0.932. The van der Waals surface area contributed by atoms with Gasteiger partial charge in [0.05, 0.1) is 12.5 Å². The minimum absolute atomic E-state index is 0.0487. The lowest BCUT2D eigenvalue weighted by molar-refractivity contribution is -0.182. The highest BCUT2D eigenvalue weighted by Crippen LogP contribution is 2.37. The molecular formula is C17H23F3N2O2. The number of hydrogen-bond donors (Lipinski definition) is 2. The summed E-state index contributed by atoms with van der Waals surface area (Å²) in [5.74, 6) is -1.26. The molecule has 1 aromatic rings. The van der Waals surface area contributed by atoms with Crippen molar-refractivity contribution in [2.24, 2.45) is 5.92 Å². The van der Waals surface area contributed by atoms with E-state index in [-0.39, 0.29) is 38.1 Å². The first kappa shape index (κ1) is 18.6. The Morgan fingerprint density at radius 3 is 2.33 bits per heavy atom. The molecule has 1 saturated carbocycles. The first-order chi connectivity index (χ1) is 11.4. The molecule has 2 rings (SSSR count). The molecule has 1 aromatic carbocycles. The molecule has 0 aromatic heterocycles. The first-order valence-corrected chi connectivity index (χ1v) is 8.17. The molecule has 2 N–H and O–H groups in total. The van der Waals surface area contributed by atoms with Crippen LogP contribution in [-0.4, -0.2) is 41.4 Å². The number of nitrogens with zero attached hydrogens (tertiary/aromatic N) is 1. The average Bonchev–Trinajstić information content (AvgIpc) is 2.55. The number of carbonyl (C=O) groups excluding carboxylic acids is 1. The summed E-state index contributed by atoms with van der Waals surface area (Å²) in [6.07, 6.45) is -3.39. The summed E-state index contributed by atoms with van der Waals surface area (Å²) in [6.45, 7) is 0.366. The number of alkyl halides is 3. The Kier molecular flexibility index (Phi) is 6.48. The lowest BCUT2D eigenvalue weighted by Gasteiger charge is -2.32. The van der Waals surface area contributed by atoms with E-state index in [0.717, 1.165) is 5.56 Å². The number of rotatable bonds is 5. The monoisotopic (exact) mass is 344 g/mol. The highest BCUT2D eigenvalue weighted by atomic mass is 19.4. The minimum Gasteiger partial charge on any atom is -0.395 e. The van der Waals surface area contributed by atoms with Crippen LogP contribution in [0.5, 0.6) is 0 Å². The molecule has 0 radical (unpaired) electrons. The maximum absolute atomic E-state index is 12.7. The third kappa shape index (κ3) is 5.40. The zero-order valence-electron chi connectivity index (χ0n) is 13.4. The van der Waals surface area contributed by atoms with Crippen LogP contribution >= 0.6 is 0 Å². The van der Waals surface area contributed by atoms with Crippen LogP contribution in [0.25, 0.3) is 0 Å². The molecule has 4 nitrogen and oxygen atoms in total. The highest BCUT2D eigenvalue weighted by molar-refractivity contribution is 5.74. The largest absolute Gasteiger partial charge is 0.395 e. The molecule has 7 heteroatoms. The predicted octanol–water partition coefficient (Wildman–Crippen LogP) is 3.31. The van der Waals surface area contributed by atoms with Crippen molar-refractivity contribution < 1.29 is 23.1 Å². The molecule has 0 saturated heterocycles. The molecule has 0 unspecified atom stereocenters. The molecule has 0 heterocycles. The van der Waals surface area contributed by atoms with Crippen molar-refractivity contribution in [2.45, 2.75) is 44.4 Å². The van der Waals surface area contributed by atoms with E-state index in [1.54, 1.807) is 0 Å². The van der Waals surface area contributed by atoms with Crippen LogP contribution < -0.4 is 5.32 Å².